The fraction of sp³-hybridized carbons (Fsp3) is 0.500. The molecule has 0 amide bonds. The van der Waals surface area contributed by atoms with Gasteiger partial charge >= 0.3 is 0 Å². The molecule has 5 heterocycles. The second-order valence-corrected chi connectivity index (χ2v) is 15.2. The molecule has 0 fully saturated rings. The van der Waals surface area contributed by atoms with E-state index in [0.717, 1.165) is 25.7 Å². The van der Waals surface area contributed by atoms with Crippen molar-refractivity contribution < 1.29 is 0 Å². The van der Waals surface area contributed by atoms with Crippen molar-refractivity contribution in [3.63, 3.8) is 0 Å². The largest absolute Gasteiger partial charge is 0.354 e. The SMILES string of the molecule is CC1=C2CCC(C)c3c2nc1c1c2nc(c4c5[nH]c(c(C)c5CCC4C)c4c5[nH]c3c(C)c5CCC4C)C(C)=C2CCC1C. The van der Waals surface area contributed by atoms with E-state index in [0.29, 0.717) is 23.7 Å². The van der Waals surface area contributed by atoms with Gasteiger partial charge in [0.25, 0.3) is 0 Å². The summed E-state index contributed by atoms with van der Waals surface area (Å²) in [6.07, 6.45) is 9.21. The summed E-state index contributed by atoms with van der Waals surface area (Å²) in [6.45, 7) is 19.2. The quantitative estimate of drug-likeness (QED) is 0.277. The zero-order valence-corrected chi connectivity index (χ0v) is 27.9. The second-order valence-electron chi connectivity index (χ2n) is 15.2. The molecule has 0 saturated heterocycles. The number of aromatic nitrogens is 4. The Morgan fingerprint density at radius 2 is 0.841 bits per heavy atom. The summed E-state index contributed by atoms with van der Waals surface area (Å²) in [7, 11) is 0. The highest BCUT2D eigenvalue weighted by atomic mass is 14.8. The molecular weight excluding hydrogens is 536 g/mol. The van der Waals surface area contributed by atoms with Crippen molar-refractivity contribution in [3.05, 3.63) is 67.3 Å². The summed E-state index contributed by atoms with van der Waals surface area (Å²) in [6, 6.07) is 0. The van der Waals surface area contributed by atoms with Crippen LogP contribution < -0.4 is 0 Å². The first-order chi connectivity index (χ1) is 21.2. The molecule has 9 rings (SSSR count). The number of nitrogens with one attached hydrogen (secondary N) is 2. The molecule has 44 heavy (non-hydrogen) atoms. The van der Waals surface area contributed by atoms with Crippen LogP contribution in [0.15, 0.2) is 0 Å². The van der Waals surface area contributed by atoms with E-state index in [1.54, 1.807) is 0 Å². The molecule has 4 atom stereocenters. The summed E-state index contributed by atoms with van der Waals surface area (Å²) in [4.78, 5) is 19.6. The number of aryl methyl sites for hydroxylation is 4. The summed E-state index contributed by atoms with van der Waals surface area (Å²) >= 11 is 0. The number of H-pyrrole nitrogens is 2. The van der Waals surface area contributed by atoms with Gasteiger partial charge < -0.3 is 9.97 Å². The van der Waals surface area contributed by atoms with Gasteiger partial charge in [0.05, 0.1) is 22.8 Å². The molecule has 2 aliphatic heterocycles. The number of aromatic amines is 2. The third-order valence-electron chi connectivity index (χ3n) is 12.8. The van der Waals surface area contributed by atoms with Gasteiger partial charge in [0.2, 0.25) is 0 Å². The average molecular weight is 583 g/mol. The molecule has 0 radical (unpaired) electrons. The highest BCUT2D eigenvalue weighted by Gasteiger charge is 2.37. The number of fused-ring (bicyclic) bond motifs is 8. The number of rotatable bonds is 0. The lowest BCUT2D eigenvalue weighted by molar-refractivity contribution is 0.661. The Kier molecular flexibility index (Phi) is 5.56. The van der Waals surface area contributed by atoms with Crippen LogP contribution in [0.1, 0.15) is 171 Å². The monoisotopic (exact) mass is 582 g/mol. The minimum Gasteiger partial charge on any atom is -0.354 e. The van der Waals surface area contributed by atoms with Crippen LogP contribution in [0.4, 0.5) is 0 Å². The molecule has 4 aliphatic carbocycles. The standard InChI is InChI=1S/C40H46N4/c1-17-9-13-25-22(6)34-30-18(2)11-15-27-24(8)36(44-39(27)30)32-20(4)12-16-28-23(7)35(43-40(28)32)31-19(3)10-14-26-21(5)33(41-38(26)31)29(17)37(25)42-34/h17-20,41-42H,9-16H2,1-8H3. The van der Waals surface area contributed by atoms with E-state index in [9.17, 15) is 0 Å². The van der Waals surface area contributed by atoms with Crippen molar-refractivity contribution in [1.29, 1.82) is 0 Å². The molecule has 2 N–H and O–H groups in total. The third kappa shape index (κ3) is 3.30. The topological polar surface area (TPSA) is 57.4 Å². The molecular formula is C40H46N4. The number of hydrogen-bond donors (Lipinski definition) is 2. The van der Waals surface area contributed by atoms with Crippen LogP contribution in [-0.2, 0) is 12.8 Å². The highest BCUT2D eigenvalue weighted by molar-refractivity contribution is 6.00. The number of nitrogens with zero attached hydrogens (tertiary/aromatic N) is 2. The molecule has 3 aromatic rings. The fourth-order valence-electron chi connectivity index (χ4n) is 10.1. The lowest BCUT2D eigenvalue weighted by Crippen LogP contribution is -2.09. The lowest BCUT2D eigenvalue weighted by atomic mass is 9.79. The van der Waals surface area contributed by atoms with E-state index in [1.165, 1.54) is 137 Å². The number of allylic oxidation sites excluding steroid dienone is 4. The zero-order chi connectivity index (χ0) is 30.3. The Balaban J connectivity index is 1.58. The van der Waals surface area contributed by atoms with Crippen LogP contribution in [0.3, 0.4) is 0 Å². The smallest absolute Gasteiger partial charge is 0.0728 e. The minimum atomic E-state index is 0.446. The molecule has 4 unspecified atom stereocenters. The van der Waals surface area contributed by atoms with Crippen LogP contribution in [-0.4, -0.2) is 19.9 Å². The average Bonchev–Trinajstić information content (AvgIpc) is 3.70. The van der Waals surface area contributed by atoms with E-state index < -0.39 is 0 Å². The third-order valence-corrected chi connectivity index (χ3v) is 12.8. The molecule has 0 spiro atoms. The molecule has 6 aliphatic rings. The van der Waals surface area contributed by atoms with Gasteiger partial charge in [0.15, 0.2) is 0 Å². The molecule has 8 bridgehead atoms. The van der Waals surface area contributed by atoms with Gasteiger partial charge in [-0.25, -0.2) is 9.97 Å². The first-order valence-electron chi connectivity index (χ1n) is 17.4. The highest BCUT2D eigenvalue weighted by Crippen LogP contribution is 2.52. The Morgan fingerprint density at radius 3 is 1.41 bits per heavy atom. The van der Waals surface area contributed by atoms with E-state index in [-0.39, 0.29) is 0 Å². The normalized spacial score (nSPS) is 25.3. The maximum absolute atomic E-state index is 5.66. The van der Waals surface area contributed by atoms with Crippen molar-refractivity contribution in [3.8, 4) is 0 Å². The van der Waals surface area contributed by atoms with Crippen LogP contribution in [0, 0.1) is 13.8 Å². The van der Waals surface area contributed by atoms with Gasteiger partial charge in [0, 0.05) is 44.3 Å². The molecule has 3 aromatic heterocycles. The van der Waals surface area contributed by atoms with Gasteiger partial charge in [-0.15, -0.1) is 0 Å². The minimum absolute atomic E-state index is 0.446. The van der Waals surface area contributed by atoms with E-state index >= 15 is 0 Å². The molecule has 4 heteroatoms. The molecule has 0 saturated carbocycles. The van der Waals surface area contributed by atoms with Crippen LogP contribution >= 0.6 is 0 Å². The summed E-state index contributed by atoms with van der Waals surface area (Å²) in [5.41, 5.74) is 27.8. The Bertz CT molecular complexity index is 2080. The summed E-state index contributed by atoms with van der Waals surface area (Å²) < 4.78 is 0. The van der Waals surface area contributed by atoms with Crippen molar-refractivity contribution in [2.45, 2.75) is 130 Å². The Labute approximate surface area is 261 Å². The Morgan fingerprint density at radius 1 is 0.455 bits per heavy atom. The fourth-order valence-corrected chi connectivity index (χ4v) is 10.1. The zero-order valence-electron chi connectivity index (χ0n) is 27.9. The molecule has 0 aromatic carbocycles. The second kappa shape index (κ2) is 9.08. The van der Waals surface area contributed by atoms with Gasteiger partial charge in [-0.1, -0.05) is 27.7 Å². The van der Waals surface area contributed by atoms with E-state index in [2.05, 4.69) is 65.4 Å². The summed E-state index contributed by atoms with van der Waals surface area (Å²) in [5.74, 6) is 1.88. The van der Waals surface area contributed by atoms with Crippen molar-refractivity contribution >= 4 is 44.4 Å². The number of hydrogen-bond acceptors (Lipinski definition) is 2. The first-order valence-corrected chi connectivity index (χ1v) is 17.4. The van der Waals surface area contributed by atoms with Gasteiger partial charge in [-0.3, -0.25) is 0 Å². The Hall–Kier alpha value is -3.40. The maximum atomic E-state index is 5.66. The van der Waals surface area contributed by atoms with Gasteiger partial charge in [-0.2, -0.15) is 0 Å². The van der Waals surface area contributed by atoms with Crippen molar-refractivity contribution in [2.75, 3.05) is 0 Å². The lowest BCUT2D eigenvalue weighted by Gasteiger charge is -2.23. The van der Waals surface area contributed by atoms with Crippen molar-refractivity contribution in [1.82, 2.24) is 19.9 Å². The van der Waals surface area contributed by atoms with Gasteiger partial charge in [0.1, 0.15) is 0 Å². The van der Waals surface area contributed by atoms with Crippen LogP contribution in [0.25, 0.3) is 44.4 Å². The van der Waals surface area contributed by atoms with E-state index in [1.807, 2.05) is 0 Å². The maximum Gasteiger partial charge on any atom is 0.0728 e. The van der Waals surface area contributed by atoms with Crippen LogP contribution in [0.5, 0.6) is 0 Å². The first kappa shape index (κ1) is 27.0. The van der Waals surface area contributed by atoms with E-state index in [4.69, 9.17) is 9.97 Å². The predicted octanol–water partition coefficient (Wildman–Crippen LogP) is 10.7. The molecule has 226 valence electrons. The summed E-state index contributed by atoms with van der Waals surface area (Å²) in [5, 5.41) is 0. The van der Waals surface area contributed by atoms with Gasteiger partial charge in [-0.05, 0) is 147 Å². The predicted molar refractivity (Wildman–Crippen MR) is 184 cm³/mol. The molecule has 4 nitrogen and oxygen atoms in total. The van der Waals surface area contributed by atoms with Crippen molar-refractivity contribution in [2.24, 2.45) is 0 Å². The van der Waals surface area contributed by atoms with Crippen LogP contribution in [0.2, 0.25) is 0 Å².